The van der Waals surface area contributed by atoms with Gasteiger partial charge in [-0.05, 0) is 45.6 Å². The van der Waals surface area contributed by atoms with Crippen LogP contribution in [0.5, 0.6) is 0 Å². The Morgan fingerprint density at radius 1 is 1.05 bits per heavy atom. The number of benzene rings is 1. The molecule has 0 atom stereocenters. The van der Waals surface area contributed by atoms with Crippen molar-refractivity contribution in [2.75, 3.05) is 11.9 Å². The van der Waals surface area contributed by atoms with Gasteiger partial charge in [-0.1, -0.05) is 29.3 Å². The van der Waals surface area contributed by atoms with Gasteiger partial charge in [0, 0.05) is 24.2 Å². The first kappa shape index (κ1) is 14.1. The molecule has 0 spiro atoms. The monoisotopic (exact) mass is 281 g/mol. The molecule has 0 unspecified atom stereocenters. The van der Waals surface area contributed by atoms with Crippen molar-refractivity contribution in [3.8, 4) is 0 Å². The number of aromatic nitrogens is 2. The van der Waals surface area contributed by atoms with Crippen molar-refractivity contribution in [1.82, 2.24) is 9.97 Å². The quantitative estimate of drug-likeness (QED) is 0.930. The highest BCUT2D eigenvalue weighted by Gasteiger charge is 2.19. The molecule has 3 nitrogen and oxygen atoms in total. The van der Waals surface area contributed by atoms with E-state index in [1.165, 1.54) is 34.4 Å². The maximum absolute atomic E-state index is 4.80. The molecular formula is C18H23N3. The fraction of sp³-hybridized carbons (Fsp3) is 0.444. The Hall–Kier alpha value is -1.90. The van der Waals surface area contributed by atoms with Crippen LogP contribution in [0.25, 0.3) is 0 Å². The van der Waals surface area contributed by atoms with Crippen LogP contribution in [0, 0.1) is 13.8 Å². The van der Waals surface area contributed by atoms with Gasteiger partial charge in [-0.3, -0.25) is 0 Å². The zero-order chi connectivity index (χ0) is 14.8. The topological polar surface area (TPSA) is 37.8 Å². The number of aryl methyl sites for hydroxylation is 3. The third kappa shape index (κ3) is 3.07. The van der Waals surface area contributed by atoms with Crippen LogP contribution in [0.2, 0.25) is 0 Å². The van der Waals surface area contributed by atoms with Gasteiger partial charge < -0.3 is 5.32 Å². The van der Waals surface area contributed by atoms with Gasteiger partial charge in [0.25, 0.3) is 0 Å². The van der Waals surface area contributed by atoms with Gasteiger partial charge >= 0.3 is 0 Å². The number of anilines is 1. The Kier molecular flexibility index (Phi) is 3.91. The van der Waals surface area contributed by atoms with Crippen LogP contribution >= 0.6 is 0 Å². The molecule has 0 fully saturated rings. The maximum Gasteiger partial charge on any atom is 0.135 e. The van der Waals surface area contributed by atoms with Crippen LogP contribution < -0.4 is 5.32 Å². The highest BCUT2D eigenvalue weighted by molar-refractivity contribution is 5.49. The highest BCUT2D eigenvalue weighted by atomic mass is 15.0. The zero-order valence-corrected chi connectivity index (χ0v) is 13.2. The lowest BCUT2D eigenvalue weighted by Gasteiger charge is -2.11. The standard InChI is InChI=1S/C18H23N3/c1-4-19-18-15-6-5-7-16(15)20-17(21-18)11-14-9-12(2)8-13(3)10-14/h8-10H,4-7,11H2,1-3H3,(H,19,20,21). The summed E-state index contributed by atoms with van der Waals surface area (Å²) in [4.78, 5) is 9.57. The molecule has 1 heterocycles. The SMILES string of the molecule is CCNc1nc(Cc2cc(C)cc(C)c2)nc2c1CCC2. The van der Waals surface area contributed by atoms with E-state index in [-0.39, 0.29) is 0 Å². The molecule has 110 valence electrons. The van der Waals surface area contributed by atoms with Gasteiger partial charge in [0.2, 0.25) is 0 Å². The fourth-order valence-corrected chi connectivity index (χ4v) is 3.23. The summed E-state index contributed by atoms with van der Waals surface area (Å²) in [6, 6.07) is 6.67. The molecule has 1 aliphatic rings. The number of nitrogens with zero attached hydrogens (tertiary/aromatic N) is 2. The van der Waals surface area contributed by atoms with Gasteiger partial charge in [-0.25, -0.2) is 9.97 Å². The van der Waals surface area contributed by atoms with Crippen LogP contribution in [0.4, 0.5) is 5.82 Å². The van der Waals surface area contributed by atoms with E-state index in [0.29, 0.717) is 0 Å². The molecule has 0 amide bonds. The minimum atomic E-state index is 0.814. The molecule has 3 rings (SSSR count). The second-order valence-electron chi connectivity index (χ2n) is 5.97. The zero-order valence-electron chi connectivity index (χ0n) is 13.2. The van der Waals surface area contributed by atoms with Crippen molar-refractivity contribution in [1.29, 1.82) is 0 Å². The van der Waals surface area contributed by atoms with Crippen molar-refractivity contribution in [2.24, 2.45) is 0 Å². The van der Waals surface area contributed by atoms with Crippen LogP contribution in [0.3, 0.4) is 0 Å². The van der Waals surface area contributed by atoms with Gasteiger partial charge in [0.15, 0.2) is 0 Å². The van der Waals surface area contributed by atoms with Crippen LogP contribution in [0.15, 0.2) is 18.2 Å². The first-order chi connectivity index (χ1) is 10.2. The second-order valence-corrected chi connectivity index (χ2v) is 5.97. The molecular weight excluding hydrogens is 258 g/mol. The molecule has 1 aromatic heterocycles. The molecule has 0 bridgehead atoms. The Labute approximate surface area is 126 Å². The van der Waals surface area contributed by atoms with Gasteiger partial charge in [0.05, 0.1) is 0 Å². The molecule has 21 heavy (non-hydrogen) atoms. The molecule has 1 aliphatic carbocycles. The summed E-state index contributed by atoms with van der Waals surface area (Å²) in [6.45, 7) is 7.31. The summed E-state index contributed by atoms with van der Waals surface area (Å²) in [6.07, 6.45) is 4.22. The Morgan fingerprint density at radius 2 is 1.81 bits per heavy atom. The number of hydrogen-bond donors (Lipinski definition) is 1. The van der Waals surface area contributed by atoms with Gasteiger partial charge in [0.1, 0.15) is 11.6 Å². The van der Waals surface area contributed by atoms with Crippen molar-refractivity contribution >= 4 is 5.82 Å². The van der Waals surface area contributed by atoms with E-state index in [0.717, 1.165) is 37.4 Å². The Morgan fingerprint density at radius 3 is 2.52 bits per heavy atom. The summed E-state index contributed by atoms with van der Waals surface area (Å²) in [5.74, 6) is 2.00. The average Bonchev–Trinajstić information content (AvgIpc) is 2.86. The predicted octanol–water partition coefficient (Wildman–Crippen LogP) is 3.60. The highest BCUT2D eigenvalue weighted by Crippen LogP contribution is 2.26. The van der Waals surface area contributed by atoms with Crippen molar-refractivity contribution in [3.05, 3.63) is 52.0 Å². The molecule has 0 radical (unpaired) electrons. The number of fused-ring (bicyclic) bond motifs is 1. The van der Waals surface area contributed by atoms with E-state index in [4.69, 9.17) is 9.97 Å². The largest absolute Gasteiger partial charge is 0.370 e. The second kappa shape index (κ2) is 5.84. The molecule has 0 saturated carbocycles. The summed E-state index contributed by atoms with van der Waals surface area (Å²) >= 11 is 0. The molecule has 3 heteroatoms. The molecule has 1 N–H and O–H groups in total. The van der Waals surface area contributed by atoms with Crippen LogP contribution in [-0.4, -0.2) is 16.5 Å². The summed E-state index contributed by atoms with van der Waals surface area (Å²) in [5.41, 5.74) is 6.49. The lowest BCUT2D eigenvalue weighted by molar-refractivity contribution is 0.885. The van der Waals surface area contributed by atoms with Crippen molar-refractivity contribution in [2.45, 2.75) is 46.5 Å². The maximum atomic E-state index is 4.80. The van der Waals surface area contributed by atoms with Gasteiger partial charge in [-0.15, -0.1) is 0 Å². The minimum absolute atomic E-state index is 0.814. The van der Waals surface area contributed by atoms with Crippen LogP contribution in [-0.2, 0) is 19.3 Å². The Balaban J connectivity index is 1.93. The number of hydrogen-bond acceptors (Lipinski definition) is 3. The van der Waals surface area contributed by atoms with E-state index in [9.17, 15) is 0 Å². The third-order valence-electron chi connectivity index (χ3n) is 3.97. The summed E-state index contributed by atoms with van der Waals surface area (Å²) in [7, 11) is 0. The lowest BCUT2D eigenvalue weighted by atomic mass is 10.0. The minimum Gasteiger partial charge on any atom is -0.370 e. The van der Waals surface area contributed by atoms with E-state index in [1.54, 1.807) is 0 Å². The fourth-order valence-electron chi connectivity index (χ4n) is 3.23. The van der Waals surface area contributed by atoms with Crippen LogP contribution in [0.1, 0.15) is 47.1 Å². The Bertz CT molecular complexity index is 642. The number of rotatable bonds is 4. The predicted molar refractivity (Wildman–Crippen MR) is 86.9 cm³/mol. The van der Waals surface area contributed by atoms with E-state index in [1.807, 2.05) is 0 Å². The van der Waals surface area contributed by atoms with E-state index in [2.05, 4.69) is 44.3 Å². The molecule has 1 aromatic carbocycles. The van der Waals surface area contributed by atoms with E-state index < -0.39 is 0 Å². The first-order valence-electron chi connectivity index (χ1n) is 7.85. The van der Waals surface area contributed by atoms with E-state index >= 15 is 0 Å². The third-order valence-corrected chi connectivity index (χ3v) is 3.97. The summed E-state index contributed by atoms with van der Waals surface area (Å²) < 4.78 is 0. The van der Waals surface area contributed by atoms with Gasteiger partial charge in [-0.2, -0.15) is 0 Å². The average molecular weight is 281 g/mol. The molecule has 0 aliphatic heterocycles. The summed E-state index contributed by atoms with van der Waals surface area (Å²) in [5, 5.41) is 3.41. The smallest absolute Gasteiger partial charge is 0.135 e. The normalized spacial score (nSPS) is 13.3. The van der Waals surface area contributed by atoms with Crippen molar-refractivity contribution < 1.29 is 0 Å². The first-order valence-corrected chi connectivity index (χ1v) is 7.85. The molecule has 0 saturated heterocycles. The molecule has 2 aromatic rings. The lowest BCUT2D eigenvalue weighted by Crippen LogP contribution is -2.09. The number of nitrogens with one attached hydrogen (secondary N) is 1. The van der Waals surface area contributed by atoms with Crippen molar-refractivity contribution in [3.63, 3.8) is 0 Å².